The van der Waals surface area contributed by atoms with E-state index in [1.54, 1.807) is 12.5 Å². The Bertz CT molecular complexity index is 282. The van der Waals surface area contributed by atoms with Crippen LogP contribution in [-0.4, -0.2) is 11.2 Å². The van der Waals surface area contributed by atoms with E-state index in [0.717, 1.165) is 24.4 Å². The van der Waals surface area contributed by atoms with E-state index < -0.39 is 0 Å². The van der Waals surface area contributed by atoms with Gasteiger partial charge in [-0.05, 0) is 41.5 Å². The van der Waals surface area contributed by atoms with Crippen LogP contribution in [0.4, 0.5) is 0 Å². The summed E-state index contributed by atoms with van der Waals surface area (Å²) in [7, 11) is 0. The smallest absolute Gasteiger partial charge is 0.138 e. The Kier molecular flexibility index (Phi) is 7.02. The van der Waals surface area contributed by atoms with E-state index in [0.29, 0.717) is 0 Å². The van der Waals surface area contributed by atoms with Gasteiger partial charge in [0, 0.05) is 12.8 Å². The van der Waals surface area contributed by atoms with Crippen molar-refractivity contribution in [2.75, 3.05) is 0 Å². The lowest BCUT2D eigenvalue weighted by Crippen LogP contribution is -2.16. The Morgan fingerprint density at radius 1 is 0.737 bits per heavy atom. The molecule has 0 unspecified atom stereocenters. The molecule has 3 heteroatoms. The van der Waals surface area contributed by atoms with Gasteiger partial charge in [0.2, 0.25) is 0 Å². The van der Waals surface area contributed by atoms with Gasteiger partial charge < -0.3 is 14.2 Å². The maximum Gasteiger partial charge on any atom is 0.138 e. The van der Waals surface area contributed by atoms with Crippen molar-refractivity contribution in [2.24, 2.45) is 0 Å². The van der Waals surface area contributed by atoms with Crippen LogP contribution in [0.15, 0.2) is 24.0 Å². The van der Waals surface area contributed by atoms with Crippen molar-refractivity contribution in [3.05, 3.63) is 24.0 Å². The first-order chi connectivity index (χ1) is 8.57. The second-order valence-electron chi connectivity index (χ2n) is 6.44. The molecule has 0 bridgehead atoms. The minimum Gasteiger partial charge on any atom is -0.492 e. The van der Waals surface area contributed by atoms with Crippen molar-refractivity contribution in [1.29, 1.82) is 0 Å². The number of hydrogen-bond donors (Lipinski definition) is 0. The molecule has 3 nitrogen and oxygen atoms in total. The van der Waals surface area contributed by atoms with Crippen LogP contribution in [0.25, 0.3) is 0 Å². The molecule has 0 N–H and O–H groups in total. The Balaban J connectivity index is 4.65. The molecule has 0 radical (unpaired) electrons. The lowest BCUT2D eigenvalue weighted by molar-refractivity contribution is 0.0584. The second kappa shape index (κ2) is 7.46. The maximum atomic E-state index is 5.81. The maximum absolute atomic E-state index is 5.81. The van der Waals surface area contributed by atoms with Crippen molar-refractivity contribution in [2.45, 2.75) is 79.4 Å². The minimum absolute atomic E-state index is 0.207. The molecule has 0 rings (SSSR count). The average Bonchev–Trinajstić information content (AvgIpc) is 2.25. The molecule has 112 valence electrons. The van der Waals surface area contributed by atoms with Crippen molar-refractivity contribution >= 4 is 0 Å². The van der Waals surface area contributed by atoms with Crippen LogP contribution in [0.1, 0.15) is 68.2 Å². The van der Waals surface area contributed by atoms with E-state index in [1.165, 1.54) is 0 Å². The van der Waals surface area contributed by atoms with Gasteiger partial charge >= 0.3 is 0 Å². The van der Waals surface area contributed by atoms with Gasteiger partial charge in [0.1, 0.15) is 24.0 Å². The normalized spacial score (nSPS) is 14.3. The molecule has 0 heterocycles. The topological polar surface area (TPSA) is 27.7 Å². The largest absolute Gasteiger partial charge is 0.492 e. The molecule has 0 aromatic carbocycles. The molecule has 19 heavy (non-hydrogen) atoms. The predicted molar refractivity (Wildman–Crippen MR) is 79.5 cm³/mol. The molecule has 0 saturated heterocycles. The van der Waals surface area contributed by atoms with Gasteiger partial charge in [0.15, 0.2) is 0 Å². The zero-order valence-corrected chi connectivity index (χ0v) is 13.8. The summed E-state index contributed by atoms with van der Waals surface area (Å²) in [5.41, 5.74) is -0.413. The molecule has 0 aromatic rings. The van der Waals surface area contributed by atoms with Crippen molar-refractivity contribution in [1.82, 2.24) is 0 Å². The van der Waals surface area contributed by atoms with Gasteiger partial charge in [0.05, 0.1) is 11.2 Å². The van der Waals surface area contributed by atoms with Crippen LogP contribution in [0.3, 0.4) is 0 Å². The molecule has 0 saturated carbocycles. The fourth-order valence-corrected chi connectivity index (χ4v) is 1.01. The first-order valence-electron chi connectivity index (χ1n) is 6.99. The summed E-state index contributed by atoms with van der Waals surface area (Å²) in [6, 6.07) is 0. The van der Waals surface area contributed by atoms with Gasteiger partial charge in [-0.25, -0.2) is 0 Å². The lowest BCUT2D eigenvalue weighted by Gasteiger charge is -2.21. The predicted octanol–water partition coefficient (Wildman–Crippen LogP) is 5.14. The van der Waals surface area contributed by atoms with Crippen LogP contribution in [0.5, 0.6) is 0 Å². The monoisotopic (exact) mass is 270 g/mol. The molecule has 0 aromatic heterocycles. The lowest BCUT2D eigenvalue weighted by atomic mass is 10.2. The Hall–Kier alpha value is -1.12. The first kappa shape index (κ1) is 17.9. The van der Waals surface area contributed by atoms with E-state index in [9.17, 15) is 0 Å². The zero-order chi connectivity index (χ0) is 15.1. The molecule has 0 aliphatic rings. The minimum atomic E-state index is -0.207. The number of rotatable bonds is 6. The van der Waals surface area contributed by atoms with Crippen LogP contribution in [0.2, 0.25) is 0 Å². The molecule has 0 atom stereocenters. The summed E-state index contributed by atoms with van der Waals surface area (Å²) in [6.45, 7) is 16.1. The highest BCUT2D eigenvalue weighted by molar-refractivity contribution is 4.97. The highest BCUT2D eigenvalue weighted by Crippen LogP contribution is 2.18. The third-order valence-electron chi connectivity index (χ3n) is 2.05. The number of hydrogen-bond acceptors (Lipinski definition) is 3. The van der Waals surface area contributed by atoms with E-state index in [2.05, 4.69) is 0 Å². The third kappa shape index (κ3) is 10.5. The number of ether oxygens (including phenoxy) is 3. The van der Waals surface area contributed by atoms with Gasteiger partial charge in [-0.15, -0.1) is 0 Å². The summed E-state index contributed by atoms with van der Waals surface area (Å²) in [5.74, 6) is 1.61. The molecule has 0 aliphatic carbocycles. The molecule has 0 aliphatic heterocycles. The van der Waals surface area contributed by atoms with Gasteiger partial charge in [0.25, 0.3) is 0 Å². The summed E-state index contributed by atoms with van der Waals surface area (Å²) in [6.07, 6.45) is 4.95. The van der Waals surface area contributed by atoms with Crippen LogP contribution >= 0.6 is 0 Å². The second-order valence-corrected chi connectivity index (χ2v) is 6.44. The van der Waals surface area contributed by atoms with E-state index in [-0.39, 0.29) is 11.2 Å². The molecule has 0 fully saturated rings. The molecular formula is C16H30O3. The SMILES string of the molecule is CCC(=COC(C)(C)C)OC(=COC(C)(C)C)CC. The van der Waals surface area contributed by atoms with Crippen LogP contribution in [-0.2, 0) is 14.2 Å². The van der Waals surface area contributed by atoms with E-state index in [1.807, 2.05) is 55.4 Å². The first-order valence-corrected chi connectivity index (χ1v) is 6.99. The third-order valence-corrected chi connectivity index (χ3v) is 2.05. The molecule has 0 amide bonds. The summed E-state index contributed by atoms with van der Waals surface area (Å²) in [5, 5.41) is 0. The standard InChI is InChI=1S/C16H30O3/c1-9-13(11-17-15(3,4)5)19-14(10-2)12-18-16(6,7)8/h11-12H,9-10H2,1-8H3. The van der Waals surface area contributed by atoms with E-state index >= 15 is 0 Å². The Labute approximate surface area is 118 Å². The van der Waals surface area contributed by atoms with Crippen LogP contribution in [0, 0.1) is 0 Å². The number of allylic oxidation sites excluding steroid dienone is 2. The quantitative estimate of drug-likeness (QED) is 0.626. The molecule has 0 spiro atoms. The van der Waals surface area contributed by atoms with Crippen molar-refractivity contribution in [3.63, 3.8) is 0 Å². The molecular weight excluding hydrogens is 240 g/mol. The summed E-state index contributed by atoms with van der Waals surface area (Å²) >= 11 is 0. The fourth-order valence-electron chi connectivity index (χ4n) is 1.01. The highest BCUT2D eigenvalue weighted by Gasteiger charge is 2.12. The van der Waals surface area contributed by atoms with Crippen LogP contribution < -0.4 is 0 Å². The van der Waals surface area contributed by atoms with Crippen molar-refractivity contribution < 1.29 is 14.2 Å². The van der Waals surface area contributed by atoms with Gasteiger partial charge in [-0.1, -0.05) is 13.8 Å². The Morgan fingerprint density at radius 2 is 1.05 bits per heavy atom. The average molecular weight is 270 g/mol. The summed E-state index contributed by atoms with van der Waals surface area (Å²) < 4.78 is 17.0. The van der Waals surface area contributed by atoms with E-state index in [4.69, 9.17) is 14.2 Å². The zero-order valence-electron chi connectivity index (χ0n) is 13.8. The highest BCUT2D eigenvalue weighted by atomic mass is 16.5. The summed E-state index contributed by atoms with van der Waals surface area (Å²) in [4.78, 5) is 0. The Morgan fingerprint density at radius 3 is 1.26 bits per heavy atom. The fraction of sp³-hybridized carbons (Fsp3) is 0.750. The van der Waals surface area contributed by atoms with Crippen molar-refractivity contribution in [3.8, 4) is 0 Å². The van der Waals surface area contributed by atoms with Gasteiger partial charge in [-0.2, -0.15) is 0 Å². The van der Waals surface area contributed by atoms with Gasteiger partial charge in [-0.3, -0.25) is 0 Å².